The van der Waals surface area contributed by atoms with E-state index < -0.39 is 0 Å². The number of carbonyl (C=O) groups is 1. The minimum absolute atomic E-state index is 0.0506. The average Bonchev–Trinajstić information content (AvgIpc) is 3.37. The molecule has 0 aliphatic carbocycles. The molecule has 1 fully saturated rings. The molecule has 1 unspecified atom stereocenters. The zero-order valence-electron chi connectivity index (χ0n) is 20.1. The number of hydrogen-bond acceptors (Lipinski definition) is 4. The Labute approximate surface area is 192 Å². The first-order valence-corrected chi connectivity index (χ1v) is 11.9. The van der Waals surface area contributed by atoms with E-state index in [4.69, 9.17) is 4.99 Å². The van der Waals surface area contributed by atoms with Gasteiger partial charge in [-0.1, -0.05) is 12.1 Å². The lowest BCUT2D eigenvalue weighted by Gasteiger charge is -2.26. The largest absolute Gasteiger partial charge is 0.357 e. The van der Waals surface area contributed by atoms with Gasteiger partial charge in [0.25, 0.3) is 0 Å². The van der Waals surface area contributed by atoms with Crippen LogP contribution in [-0.4, -0.2) is 84.1 Å². The van der Waals surface area contributed by atoms with E-state index in [9.17, 15) is 4.79 Å². The molecule has 1 aromatic heterocycles. The van der Waals surface area contributed by atoms with Crippen molar-refractivity contribution in [3.8, 4) is 0 Å². The molecule has 8 heteroatoms. The van der Waals surface area contributed by atoms with Crippen LogP contribution in [-0.2, 0) is 11.3 Å². The number of benzene rings is 1. The standard InChI is InChI=1S/C24H39N7O/c1-5-25-24(26-14-9-17-30-16-8-13-22(30)23(32)29(3)4)27-15-10-18-31-19(2)28-20-11-6-7-12-21(20)31/h6-7,11-12,22H,5,8-10,13-18H2,1-4H3,(H2,25,26,27). The lowest BCUT2D eigenvalue weighted by atomic mass is 10.2. The minimum Gasteiger partial charge on any atom is -0.357 e. The van der Waals surface area contributed by atoms with Gasteiger partial charge in [-0.2, -0.15) is 0 Å². The Bertz CT molecular complexity index is 905. The summed E-state index contributed by atoms with van der Waals surface area (Å²) in [6.45, 7) is 9.44. The Hall–Kier alpha value is -2.61. The van der Waals surface area contributed by atoms with Crippen molar-refractivity contribution in [2.24, 2.45) is 4.99 Å². The van der Waals surface area contributed by atoms with Crippen molar-refractivity contribution in [3.63, 3.8) is 0 Å². The maximum atomic E-state index is 12.3. The number of fused-ring (bicyclic) bond motifs is 1. The van der Waals surface area contributed by atoms with Crippen molar-refractivity contribution in [1.82, 2.24) is 30.0 Å². The van der Waals surface area contributed by atoms with Gasteiger partial charge in [0, 0.05) is 46.8 Å². The zero-order chi connectivity index (χ0) is 22.9. The normalized spacial score (nSPS) is 17.1. The first-order valence-electron chi connectivity index (χ1n) is 11.9. The highest BCUT2D eigenvalue weighted by Crippen LogP contribution is 2.19. The Balaban J connectivity index is 1.43. The molecule has 0 spiro atoms. The van der Waals surface area contributed by atoms with Gasteiger partial charge < -0.3 is 20.1 Å². The summed E-state index contributed by atoms with van der Waals surface area (Å²) in [5.41, 5.74) is 2.24. The van der Waals surface area contributed by atoms with Gasteiger partial charge in [0.15, 0.2) is 5.96 Å². The van der Waals surface area contributed by atoms with Gasteiger partial charge in [-0.05, 0) is 58.2 Å². The molecule has 1 atom stereocenters. The van der Waals surface area contributed by atoms with Crippen molar-refractivity contribution in [2.45, 2.75) is 52.1 Å². The number of carbonyl (C=O) groups excluding carboxylic acids is 1. The van der Waals surface area contributed by atoms with E-state index in [0.29, 0.717) is 0 Å². The summed E-state index contributed by atoms with van der Waals surface area (Å²) in [5, 5.41) is 6.78. The Kier molecular flexibility index (Phi) is 8.90. The molecule has 3 rings (SSSR count). The third kappa shape index (κ3) is 6.22. The SMILES string of the molecule is CCNC(=NCCCn1c(C)nc2ccccc21)NCCCN1CCCC1C(=O)N(C)C. The summed E-state index contributed by atoms with van der Waals surface area (Å²) >= 11 is 0. The van der Waals surface area contributed by atoms with E-state index in [-0.39, 0.29) is 11.9 Å². The van der Waals surface area contributed by atoms with E-state index in [1.807, 2.05) is 20.2 Å². The third-order valence-electron chi connectivity index (χ3n) is 6.00. The fraction of sp³-hybridized carbons (Fsp3) is 0.625. The van der Waals surface area contributed by atoms with Crippen LogP contribution in [0.1, 0.15) is 38.4 Å². The van der Waals surface area contributed by atoms with Gasteiger partial charge in [-0.25, -0.2) is 4.98 Å². The first-order chi connectivity index (χ1) is 15.5. The van der Waals surface area contributed by atoms with Crippen molar-refractivity contribution in [2.75, 3.05) is 46.8 Å². The van der Waals surface area contributed by atoms with Crippen molar-refractivity contribution in [1.29, 1.82) is 0 Å². The number of aliphatic imine (C=N–C) groups is 1. The molecule has 2 N–H and O–H groups in total. The topological polar surface area (TPSA) is 77.8 Å². The Morgan fingerprint density at radius 1 is 1.22 bits per heavy atom. The van der Waals surface area contributed by atoms with E-state index in [1.54, 1.807) is 4.90 Å². The molecule has 1 aromatic carbocycles. The summed E-state index contributed by atoms with van der Waals surface area (Å²) in [5.74, 6) is 2.14. The second-order valence-electron chi connectivity index (χ2n) is 8.62. The molecule has 32 heavy (non-hydrogen) atoms. The van der Waals surface area contributed by atoms with Crippen LogP contribution in [0.25, 0.3) is 11.0 Å². The number of imidazole rings is 1. The number of para-hydroxylation sites is 2. The predicted molar refractivity (Wildman–Crippen MR) is 131 cm³/mol. The maximum Gasteiger partial charge on any atom is 0.239 e. The molecule has 0 radical (unpaired) electrons. The van der Waals surface area contributed by atoms with Crippen LogP contribution in [0.3, 0.4) is 0 Å². The van der Waals surface area contributed by atoms with Gasteiger partial charge >= 0.3 is 0 Å². The number of rotatable bonds is 10. The van der Waals surface area contributed by atoms with Crippen molar-refractivity contribution >= 4 is 22.9 Å². The van der Waals surface area contributed by atoms with Crippen LogP contribution in [0.15, 0.2) is 29.3 Å². The Morgan fingerprint density at radius 2 is 2.03 bits per heavy atom. The number of likely N-dealkylation sites (tertiary alicyclic amines) is 1. The summed E-state index contributed by atoms with van der Waals surface area (Å²) in [7, 11) is 3.69. The van der Waals surface area contributed by atoms with Gasteiger partial charge in [-0.15, -0.1) is 0 Å². The average molecular weight is 442 g/mol. The number of aryl methyl sites for hydroxylation is 2. The van der Waals surface area contributed by atoms with Crippen LogP contribution in [0, 0.1) is 6.92 Å². The fourth-order valence-electron chi connectivity index (χ4n) is 4.40. The number of aromatic nitrogens is 2. The molecule has 1 aliphatic heterocycles. The van der Waals surface area contributed by atoms with Crippen LogP contribution in [0.4, 0.5) is 0 Å². The molecule has 176 valence electrons. The van der Waals surface area contributed by atoms with Gasteiger partial charge in [0.1, 0.15) is 5.82 Å². The Morgan fingerprint density at radius 3 is 2.81 bits per heavy atom. The molecule has 8 nitrogen and oxygen atoms in total. The van der Waals surface area contributed by atoms with E-state index in [1.165, 1.54) is 5.52 Å². The summed E-state index contributed by atoms with van der Waals surface area (Å²) in [6.07, 6.45) is 4.02. The van der Waals surface area contributed by atoms with E-state index in [2.05, 4.69) is 57.1 Å². The summed E-state index contributed by atoms with van der Waals surface area (Å²) < 4.78 is 2.27. The number of nitrogens with zero attached hydrogens (tertiary/aromatic N) is 5. The molecule has 2 aromatic rings. The number of likely N-dealkylation sites (N-methyl/N-ethyl adjacent to an activating group) is 1. The molecule has 1 amide bonds. The quantitative estimate of drug-likeness (QED) is 0.336. The predicted octanol–water partition coefficient (Wildman–Crippen LogP) is 2.23. The molecule has 1 aliphatic rings. The fourth-order valence-corrected chi connectivity index (χ4v) is 4.40. The summed E-state index contributed by atoms with van der Waals surface area (Å²) in [6, 6.07) is 8.33. The molecule has 2 heterocycles. The zero-order valence-corrected chi connectivity index (χ0v) is 20.1. The van der Waals surface area contributed by atoms with Crippen LogP contribution < -0.4 is 10.6 Å². The van der Waals surface area contributed by atoms with Crippen LogP contribution in [0.2, 0.25) is 0 Å². The first kappa shape index (κ1) is 24.0. The van der Waals surface area contributed by atoms with Crippen molar-refractivity contribution < 1.29 is 4.79 Å². The highest BCUT2D eigenvalue weighted by atomic mass is 16.2. The smallest absolute Gasteiger partial charge is 0.239 e. The lowest BCUT2D eigenvalue weighted by molar-refractivity contribution is -0.133. The molecule has 0 bridgehead atoms. The van der Waals surface area contributed by atoms with Gasteiger partial charge in [0.2, 0.25) is 5.91 Å². The number of guanidine groups is 1. The highest BCUT2D eigenvalue weighted by Gasteiger charge is 2.30. The van der Waals surface area contributed by atoms with E-state index in [0.717, 1.165) is 82.3 Å². The number of amides is 1. The van der Waals surface area contributed by atoms with Gasteiger partial charge in [0.05, 0.1) is 17.1 Å². The maximum absolute atomic E-state index is 12.3. The number of hydrogen-bond donors (Lipinski definition) is 2. The monoisotopic (exact) mass is 441 g/mol. The van der Waals surface area contributed by atoms with Gasteiger partial charge in [-0.3, -0.25) is 14.7 Å². The molecular formula is C24H39N7O. The minimum atomic E-state index is 0.0506. The lowest BCUT2D eigenvalue weighted by Crippen LogP contribution is -2.44. The van der Waals surface area contributed by atoms with Crippen LogP contribution in [0.5, 0.6) is 0 Å². The van der Waals surface area contributed by atoms with E-state index >= 15 is 0 Å². The molecule has 0 saturated carbocycles. The third-order valence-corrected chi connectivity index (χ3v) is 6.00. The molecule has 1 saturated heterocycles. The second-order valence-corrected chi connectivity index (χ2v) is 8.62. The second kappa shape index (κ2) is 11.9. The van der Waals surface area contributed by atoms with Crippen molar-refractivity contribution in [3.05, 3.63) is 30.1 Å². The number of nitrogens with one attached hydrogen (secondary N) is 2. The summed E-state index contributed by atoms with van der Waals surface area (Å²) in [4.78, 5) is 25.8. The van der Waals surface area contributed by atoms with Crippen LogP contribution >= 0.6 is 0 Å². The molecular weight excluding hydrogens is 402 g/mol. The highest BCUT2D eigenvalue weighted by molar-refractivity contribution is 5.81.